The summed E-state index contributed by atoms with van der Waals surface area (Å²) >= 11 is 0. The minimum atomic E-state index is 1.17. The highest BCUT2D eigenvalue weighted by molar-refractivity contribution is 4.64. The molecule has 3 nitrogen and oxygen atoms in total. The van der Waals surface area contributed by atoms with E-state index >= 15 is 0 Å². The molecule has 0 radical (unpaired) electrons. The molecule has 1 aliphatic heterocycles. The topological polar surface area (TPSA) is 27.3 Å². The zero-order chi connectivity index (χ0) is 12.8. The fraction of sp³-hybridized carbons (Fsp3) is 1.00. The van der Waals surface area contributed by atoms with Crippen LogP contribution in [0.15, 0.2) is 0 Å². The van der Waals surface area contributed by atoms with E-state index in [-0.39, 0.29) is 0 Å². The van der Waals surface area contributed by atoms with Crippen LogP contribution in [0.2, 0.25) is 0 Å². The summed E-state index contributed by atoms with van der Waals surface area (Å²) in [6, 6.07) is 0. The van der Waals surface area contributed by atoms with Crippen molar-refractivity contribution < 1.29 is 0 Å². The maximum absolute atomic E-state index is 3.39. The lowest BCUT2D eigenvalue weighted by Crippen LogP contribution is -2.43. The molecule has 0 aliphatic carbocycles. The van der Waals surface area contributed by atoms with Crippen molar-refractivity contribution in [3.8, 4) is 0 Å². The molecule has 3 heteroatoms. The van der Waals surface area contributed by atoms with E-state index in [2.05, 4.69) is 36.3 Å². The fourth-order valence-corrected chi connectivity index (χ4v) is 1.76. The Labute approximate surface area is 108 Å². The maximum Gasteiger partial charge on any atom is 0.0107 e. The number of nitrogens with one attached hydrogen (secondary N) is 2. The molecule has 1 heterocycles. The molecular weight excluding hydrogens is 210 g/mol. The largest absolute Gasteiger partial charge is 0.317 e. The van der Waals surface area contributed by atoms with Gasteiger partial charge in [-0.2, -0.15) is 0 Å². The molecule has 0 atom stereocenters. The first-order valence-electron chi connectivity index (χ1n) is 7.48. The van der Waals surface area contributed by atoms with Crippen LogP contribution in [0.5, 0.6) is 0 Å². The summed E-state index contributed by atoms with van der Waals surface area (Å²) in [6.07, 6.45) is 5.26. The Hall–Kier alpha value is -0.120. The van der Waals surface area contributed by atoms with E-state index in [1.54, 1.807) is 0 Å². The van der Waals surface area contributed by atoms with E-state index in [0.717, 1.165) is 0 Å². The second-order valence-electron chi connectivity index (χ2n) is 4.64. The van der Waals surface area contributed by atoms with Crippen LogP contribution in [0.3, 0.4) is 0 Å². The third kappa shape index (κ3) is 12.1. The Kier molecular flexibility index (Phi) is 13.8. The molecule has 0 unspecified atom stereocenters. The third-order valence-corrected chi connectivity index (χ3v) is 3.07. The maximum atomic E-state index is 3.39. The molecular formula is C14H33N3. The van der Waals surface area contributed by atoms with Gasteiger partial charge in [-0.3, -0.25) is 0 Å². The monoisotopic (exact) mass is 243 g/mol. The molecule has 17 heavy (non-hydrogen) atoms. The molecule has 1 fully saturated rings. The van der Waals surface area contributed by atoms with Gasteiger partial charge in [0.2, 0.25) is 0 Å². The number of unbranched alkanes of at least 4 members (excludes halogenated alkanes) is 2. The van der Waals surface area contributed by atoms with Crippen LogP contribution in [-0.2, 0) is 0 Å². The molecule has 104 valence electrons. The zero-order valence-corrected chi connectivity index (χ0v) is 12.2. The van der Waals surface area contributed by atoms with Crippen molar-refractivity contribution in [1.82, 2.24) is 15.5 Å². The summed E-state index contributed by atoms with van der Waals surface area (Å²) in [7, 11) is 0. The number of nitrogens with zero attached hydrogens (tertiary/aromatic N) is 1. The SMILES string of the molecule is CCCCNCCCC.CCN1CCNCC1. The Morgan fingerprint density at radius 1 is 0.941 bits per heavy atom. The van der Waals surface area contributed by atoms with Gasteiger partial charge in [-0.25, -0.2) is 0 Å². The molecule has 1 saturated heterocycles. The highest BCUT2D eigenvalue weighted by Gasteiger charge is 2.04. The van der Waals surface area contributed by atoms with Gasteiger partial charge in [-0.1, -0.05) is 33.6 Å². The lowest BCUT2D eigenvalue weighted by molar-refractivity contribution is 0.253. The normalized spacial score (nSPS) is 16.4. The van der Waals surface area contributed by atoms with E-state index in [0.29, 0.717) is 0 Å². The highest BCUT2D eigenvalue weighted by Crippen LogP contribution is 1.88. The molecule has 0 aromatic heterocycles. The van der Waals surface area contributed by atoms with E-state index in [1.807, 2.05) is 0 Å². The molecule has 0 aromatic carbocycles. The molecule has 0 amide bonds. The highest BCUT2D eigenvalue weighted by atomic mass is 15.2. The minimum absolute atomic E-state index is 1.17. The Bertz CT molecular complexity index is 127. The zero-order valence-electron chi connectivity index (χ0n) is 12.2. The number of likely N-dealkylation sites (N-methyl/N-ethyl adjacent to an activating group) is 1. The number of rotatable bonds is 7. The van der Waals surface area contributed by atoms with Crippen molar-refractivity contribution >= 4 is 0 Å². The molecule has 0 saturated carbocycles. The van der Waals surface area contributed by atoms with Crippen LogP contribution in [0.4, 0.5) is 0 Å². The molecule has 1 aliphatic rings. The summed E-state index contributed by atoms with van der Waals surface area (Å²) in [5.74, 6) is 0. The van der Waals surface area contributed by atoms with Crippen molar-refractivity contribution in [2.24, 2.45) is 0 Å². The van der Waals surface area contributed by atoms with Crippen molar-refractivity contribution in [2.45, 2.75) is 46.5 Å². The molecule has 0 aromatic rings. The summed E-state index contributed by atoms with van der Waals surface area (Å²) in [5.41, 5.74) is 0. The molecule has 2 N–H and O–H groups in total. The van der Waals surface area contributed by atoms with Crippen LogP contribution in [0.1, 0.15) is 46.5 Å². The third-order valence-electron chi connectivity index (χ3n) is 3.07. The van der Waals surface area contributed by atoms with Gasteiger partial charge in [0, 0.05) is 26.2 Å². The summed E-state index contributed by atoms with van der Waals surface area (Å²) in [5, 5.41) is 6.69. The van der Waals surface area contributed by atoms with Gasteiger partial charge in [-0.05, 0) is 32.5 Å². The van der Waals surface area contributed by atoms with Gasteiger partial charge in [0.05, 0.1) is 0 Å². The van der Waals surface area contributed by atoms with Crippen molar-refractivity contribution in [2.75, 3.05) is 45.8 Å². The van der Waals surface area contributed by atoms with Gasteiger partial charge in [0.15, 0.2) is 0 Å². The molecule has 1 rings (SSSR count). The second-order valence-corrected chi connectivity index (χ2v) is 4.64. The van der Waals surface area contributed by atoms with Crippen LogP contribution < -0.4 is 10.6 Å². The van der Waals surface area contributed by atoms with Gasteiger partial charge < -0.3 is 15.5 Å². The van der Waals surface area contributed by atoms with Crippen LogP contribution in [-0.4, -0.2) is 50.7 Å². The standard InChI is InChI=1S/C8H19N.C6H14N2/c1-3-5-7-9-8-6-4-2;1-2-8-5-3-7-4-6-8/h9H,3-8H2,1-2H3;7H,2-6H2,1H3. The van der Waals surface area contributed by atoms with Crippen LogP contribution >= 0.6 is 0 Å². The van der Waals surface area contributed by atoms with E-state index < -0.39 is 0 Å². The van der Waals surface area contributed by atoms with E-state index in [4.69, 9.17) is 0 Å². The number of hydrogen-bond acceptors (Lipinski definition) is 3. The van der Waals surface area contributed by atoms with E-state index in [1.165, 1.54) is 71.5 Å². The van der Waals surface area contributed by atoms with Crippen LogP contribution in [0.25, 0.3) is 0 Å². The number of hydrogen-bond donors (Lipinski definition) is 2. The first-order chi connectivity index (χ1) is 8.35. The predicted molar refractivity (Wildman–Crippen MR) is 77.7 cm³/mol. The predicted octanol–water partition coefficient (Wildman–Crippen LogP) is 2.09. The minimum Gasteiger partial charge on any atom is -0.317 e. The number of piperazine rings is 1. The Morgan fingerprint density at radius 2 is 1.47 bits per heavy atom. The summed E-state index contributed by atoms with van der Waals surface area (Å²) < 4.78 is 0. The van der Waals surface area contributed by atoms with Crippen molar-refractivity contribution in [1.29, 1.82) is 0 Å². The smallest absolute Gasteiger partial charge is 0.0107 e. The van der Waals surface area contributed by atoms with Crippen LogP contribution in [0, 0.1) is 0 Å². The van der Waals surface area contributed by atoms with Crippen molar-refractivity contribution in [3.63, 3.8) is 0 Å². The summed E-state index contributed by atoms with van der Waals surface area (Å²) in [6.45, 7) is 15.1. The second kappa shape index (κ2) is 13.9. The summed E-state index contributed by atoms with van der Waals surface area (Å²) in [4.78, 5) is 2.45. The lowest BCUT2D eigenvalue weighted by Gasteiger charge is -2.25. The molecule has 0 bridgehead atoms. The lowest BCUT2D eigenvalue weighted by atomic mass is 10.3. The first-order valence-corrected chi connectivity index (χ1v) is 7.48. The Balaban J connectivity index is 0.000000302. The average Bonchev–Trinajstić information content (AvgIpc) is 2.40. The van der Waals surface area contributed by atoms with E-state index in [9.17, 15) is 0 Å². The van der Waals surface area contributed by atoms with Gasteiger partial charge in [0.1, 0.15) is 0 Å². The van der Waals surface area contributed by atoms with Crippen molar-refractivity contribution in [3.05, 3.63) is 0 Å². The quantitative estimate of drug-likeness (QED) is 0.671. The van der Waals surface area contributed by atoms with Gasteiger partial charge in [-0.15, -0.1) is 0 Å². The molecule has 0 spiro atoms. The average molecular weight is 243 g/mol. The van der Waals surface area contributed by atoms with Gasteiger partial charge in [0.25, 0.3) is 0 Å². The van der Waals surface area contributed by atoms with Gasteiger partial charge >= 0.3 is 0 Å². The first kappa shape index (κ1) is 16.9. The Morgan fingerprint density at radius 3 is 1.82 bits per heavy atom. The fourth-order valence-electron chi connectivity index (χ4n) is 1.76.